The highest BCUT2D eigenvalue weighted by Crippen LogP contribution is 2.15. The zero-order valence-electron chi connectivity index (χ0n) is 10.5. The normalized spacial score (nSPS) is 12.0. The Labute approximate surface area is 115 Å². The maximum absolute atomic E-state index is 11.6. The molecule has 0 saturated heterocycles. The van der Waals surface area contributed by atoms with Gasteiger partial charge in [-0.2, -0.15) is 5.26 Å². The van der Waals surface area contributed by atoms with E-state index >= 15 is 0 Å². The summed E-state index contributed by atoms with van der Waals surface area (Å²) in [5, 5.41) is 11.3. The number of rotatable bonds is 5. The first kappa shape index (κ1) is 13.4. The van der Waals surface area contributed by atoms with Crippen molar-refractivity contribution < 1.29 is 4.79 Å². The Morgan fingerprint density at radius 3 is 3.11 bits per heavy atom. The number of fused-ring (bicyclic) bond motifs is 1. The molecule has 1 atom stereocenters. The standard InChI is InChI=1S/C13H14N4OS/c1-9(15-12(18)8-19-7-6-14)13-16-10-4-2-3-5-11(10)17-13/h2-5,9H,7-8H2,1H3,(H,15,18)(H,16,17). The van der Waals surface area contributed by atoms with Crippen LogP contribution in [0.15, 0.2) is 24.3 Å². The number of aromatic nitrogens is 2. The third-order valence-electron chi connectivity index (χ3n) is 2.60. The Morgan fingerprint density at radius 2 is 2.37 bits per heavy atom. The minimum Gasteiger partial charge on any atom is -0.346 e. The molecule has 1 aromatic carbocycles. The van der Waals surface area contributed by atoms with Crippen molar-refractivity contribution in [2.24, 2.45) is 0 Å². The average molecular weight is 274 g/mol. The summed E-state index contributed by atoms with van der Waals surface area (Å²) in [6, 6.07) is 9.54. The SMILES string of the molecule is CC(NC(=O)CSCC#N)c1nc2ccccc2[nH]1. The van der Waals surface area contributed by atoms with Crippen LogP contribution in [0.3, 0.4) is 0 Å². The number of amides is 1. The molecular weight excluding hydrogens is 260 g/mol. The van der Waals surface area contributed by atoms with E-state index in [0.717, 1.165) is 16.9 Å². The number of imidazole rings is 1. The predicted molar refractivity (Wildman–Crippen MR) is 75.6 cm³/mol. The fourth-order valence-corrected chi connectivity index (χ4v) is 2.18. The van der Waals surface area contributed by atoms with Crippen LogP contribution in [0.1, 0.15) is 18.8 Å². The van der Waals surface area contributed by atoms with E-state index in [0.29, 0.717) is 5.75 Å². The van der Waals surface area contributed by atoms with Crippen LogP contribution >= 0.6 is 11.8 Å². The Bertz CT molecular complexity index is 583. The van der Waals surface area contributed by atoms with Crippen LogP contribution in [0.5, 0.6) is 0 Å². The van der Waals surface area contributed by atoms with Gasteiger partial charge in [-0.25, -0.2) is 4.98 Å². The van der Waals surface area contributed by atoms with Gasteiger partial charge in [-0.1, -0.05) is 12.1 Å². The second-order valence-corrected chi connectivity index (χ2v) is 5.06. The largest absolute Gasteiger partial charge is 0.346 e. The fraction of sp³-hybridized carbons (Fsp3) is 0.308. The zero-order valence-corrected chi connectivity index (χ0v) is 11.3. The van der Waals surface area contributed by atoms with Crippen LogP contribution in [-0.4, -0.2) is 27.4 Å². The van der Waals surface area contributed by atoms with Gasteiger partial charge >= 0.3 is 0 Å². The van der Waals surface area contributed by atoms with Crippen molar-refractivity contribution in [3.63, 3.8) is 0 Å². The number of para-hydroxylation sites is 2. The molecule has 0 spiro atoms. The van der Waals surface area contributed by atoms with Crippen molar-refractivity contribution in [2.45, 2.75) is 13.0 Å². The van der Waals surface area contributed by atoms with Crippen molar-refractivity contribution in [1.29, 1.82) is 5.26 Å². The molecule has 0 bridgehead atoms. The summed E-state index contributed by atoms with van der Waals surface area (Å²) in [7, 11) is 0. The molecule has 1 amide bonds. The number of nitrogens with zero attached hydrogens (tertiary/aromatic N) is 2. The topological polar surface area (TPSA) is 81.6 Å². The molecule has 2 aromatic rings. The van der Waals surface area contributed by atoms with E-state index in [-0.39, 0.29) is 17.7 Å². The molecule has 0 aliphatic heterocycles. The summed E-state index contributed by atoms with van der Waals surface area (Å²) in [6.45, 7) is 1.88. The minimum atomic E-state index is -0.178. The number of nitrogens with one attached hydrogen (secondary N) is 2. The molecule has 0 radical (unpaired) electrons. The number of nitriles is 1. The summed E-state index contributed by atoms with van der Waals surface area (Å²) >= 11 is 1.30. The van der Waals surface area contributed by atoms with E-state index in [4.69, 9.17) is 5.26 Å². The maximum atomic E-state index is 11.6. The highest BCUT2D eigenvalue weighted by molar-refractivity contribution is 8.00. The molecule has 6 heteroatoms. The first-order valence-electron chi connectivity index (χ1n) is 5.89. The Morgan fingerprint density at radius 1 is 1.58 bits per heavy atom. The highest BCUT2D eigenvalue weighted by atomic mass is 32.2. The van der Waals surface area contributed by atoms with Gasteiger partial charge in [0.05, 0.1) is 34.7 Å². The van der Waals surface area contributed by atoms with E-state index in [9.17, 15) is 4.79 Å². The predicted octanol–water partition coefficient (Wildman–Crippen LogP) is 2.00. The number of hydrogen-bond donors (Lipinski definition) is 2. The first-order chi connectivity index (χ1) is 9.20. The quantitative estimate of drug-likeness (QED) is 0.817. The Kier molecular flexibility index (Phi) is 4.42. The van der Waals surface area contributed by atoms with Gasteiger partial charge in [0.15, 0.2) is 0 Å². The molecule has 98 valence electrons. The van der Waals surface area contributed by atoms with Gasteiger partial charge in [-0.05, 0) is 19.1 Å². The van der Waals surface area contributed by atoms with Crippen molar-refractivity contribution in [1.82, 2.24) is 15.3 Å². The molecule has 0 saturated carbocycles. The third-order valence-corrected chi connectivity index (χ3v) is 3.39. The van der Waals surface area contributed by atoms with Gasteiger partial charge in [0.2, 0.25) is 5.91 Å². The van der Waals surface area contributed by atoms with Gasteiger partial charge in [-0.3, -0.25) is 4.79 Å². The van der Waals surface area contributed by atoms with E-state index < -0.39 is 0 Å². The second kappa shape index (κ2) is 6.25. The molecule has 1 unspecified atom stereocenters. The molecule has 0 fully saturated rings. The first-order valence-corrected chi connectivity index (χ1v) is 7.05. The maximum Gasteiger partial charge on any atom is 0.230 e. The molecule has 19 heavy (non-hydrogen) atoms. The van der Waals surface area contributed by atoms with Crippen molar-refractivity contribution >= 4 is 28.7 Å². The smallest absolute Gasteiger partial charge is 0.230 e. The Balaban J connectivity index is 1.97. The molecule has 0 aliphatic rings. The number of carbonyl (C=O) groups excluding carboxylic acids is 1. The molecule has 1 heterocycles. The van der Waals surface area contributed by atoms with Gasteiger partial charge in [0.25, 0.3) is 0 Å². The average Bonchev–Trinajstić information content (AvgIpc) is 2.83. The van der Waals surface area contributed by atoms with E-state index in [1.54, 1.807) is 0 Å². The lowest BCUT2D eigenvalue weighted by Crippen LogP contribution is -2.28. The lowest BCUT2D eigenvalue weighted by atomic mass is 10.3. The monoisotopic (exact) mass is 274 g/mol. The Hall–Kier alpha value is -2.00. The van der Waals surface area contributed by atoms with Crippen LogP contribution in [0.25, 0.3) is 11.0 Å². The van der Waals surface area contributed by atoms with E-state index in [1.807, 2.05) is 37.3 Å². The van der Waals surface area contributed by atoms with Crippen LogP contribution in [0.2, 0.25) is 0 Å². The molecule has 0 aliphatic carbocycles. The van der Waals surface area contributed by atoms with Crippen molar-refractivity contribution in [3.05, 3.63) is 30.1 Å². The van der Waals surface area contributed by atoms with Crippen LogP contribution in [-0.2, 0) is 4.79 Å². The van der Waals surface area contributed by atoms with Crippen LogP contribution in [0, 0.1) is 11.3 Å². The van der Waals surface area contributed by atoms with Crippen LogP contribution in [0.4, 0.5) is 0 Å². The molecule has 1 aromatic heterocycles. The van der Waals surface area contributed by atoms with Gasteiger partial charge in [0, 0.05) is 0 Å². The van der Waals surface area contributed by atoms with Crippen molar-refractivity contribution in [3.8, 4) is 6.07 Å². The number of carbonyl (C=O) groups is 1. The van der Waals surface area contributed by atoms with Crippen LogP contribution < -0.4 is 5.32 Å². The summed E-state index contributed by atoms with van der Waals surface area (Å²) in [4.78, 5) is 19.2. The summed E-state index contributed by atoms with van der Waals surface area (Å²) in [5.74, 6) is 1.26. The van der Waals surface area contributed by atoms with Gasteiger partial charge in [0.1, 0.15) is 5.82 Å². The lowest BCUT2D eigenvalue weighted by Gasteiger charge is -2.10. The molecular formula is C13H14N4OS. The fourth-order valence-electron chi connectivity index (χ4n) is 1.72. The van der Waals surface area contributed by atoms with Crippen molar-refractivity contribution in [2.75, 3.05) is 11.5 Å². The lowest BCUT2D eigenvalue weighted by molar-refractivity contribution is -0.119. The zero-order chi connectivity index (χ0) is 13.7. The van der Waals surface area contributed by atoms with Gasteiger partial charge < -0.3 is 10.3 Å². The minimum absolute atomic E-state index is 0.0896. The number of thioether (sulfide) groups is 1. The molecule has 2 N–H and O–H groups in total. The van der Waals surface area contributed by atoms with E-state index in [2.05, 4.69) is 15.3 Å². The molecule has 2 rings (SSSR count). The second-order valence-electron chi connectivity index (χ2n) is 4.08. The molecule has 5 nitrogen and oxygen atoms in total. The summed E-state index contributed by atoms with van der Waals surface area (Å²) < 4.78 is 0. The van der Waals surface area contributed by atoms with Gasteiger partial charge in [-0.15, -0.1) is 11.8 Å². The number of aromatic amines is 1. The third kappa shape index (κ3) is 3.48. The number of hydrogen-bond acceptors (Lipinski definition) is 4. The summed E-state index contributed by atoms with van der Waals surface area (Å²) in [5.41, 5.74) is 1.84. The number of benzene rings is 1. The number of H-pyrrole nitrogens is 1. The highest BCUT2D eigenvalue weighted by Gasteiger charge is 2.13. The summed E-state index contributed by atoms with van der Waals surface area (Å²) in [6.07, 6.45) is 0. The van der Waals surface area contributed by atoms with E-state index in [1.165, 1.54) is 11.8 Å².